The first-order valence-electron chi connectivity index (χ1n) is 5.56. The van der Waals surface area contributed by atoms with Crippen LogP contribution in [0.15, 0.2) is 40.9 Å². The third-order valence-corrected chi connectivity index (χ3v) is 3.32. The van der Waals surface area contributed by atoms with Gasteiger partial charge in [-0.15, -0.1) is 0 Å². The van der Waals surface area contributed by atoms with E-state index in [1.54, 1.807) is 37.4 Å². The van der Waals surface area contributed by atoms with Crippen LogP contribution < -0.4 is 10.1 Å². The summed E-state index contributed by atoms with van der Waals surface area (Å²) in [5, 5.41) is 14.1. The first-order chi connectivity index (χ1) is 9.51. The molecule has 0 atom stereocenters. The van der Waals surface area contributed by atoms with E-state index in [9.17, 15) is 10.1 Å². The van der Waals surface area contributed by atoms with Gasteiger partial charge in [0.1, 0.15) is 16.5 Å². The zero-order chi connectivity index (χ0) is 14.7. The molecular formula is C13H10BrClN2O3. The Morgan fingerprint density at radius 3 is 2.75 bits per heavy atom. The van der Waals surface area contributed by atoms with Crippen molar-refractivity contribution in [1.82, 2.24) is 0 Å². The zero-order valence-electron chi connectivity index (χ0n) is 10.4. The number of nitrogens with one attached hydrogen (secondary N) is 1. The molecule has 0 aromatic heterocycles. The van der Waals surface area contributed by atoms with E-state index in [2.05, 4.69) is 21.2 Å². The zero-order valence-corrected chi connectivity index (χ0v) is 12.7. The van der Waals surface area contributed by atoms with Gasteiger partial charge in [0.25, 0.3) is 0 Å². The Kier molecular flexibility index (Phi) is 4.46. The third-order valence-electron chi connectivity index (χ3n) is 2.56. The van der Waals surface area contributed by atoms with Gasteiger partial charge in [-0.2, -0.15) is 0 Å². The number of anilines is 2. The maximum Gasteiger partial charge on any atom is 0.311 e. The van der Waals surface area contributed by atoms with Crippen molar-refractivity contribution in [2.45, 2.75) is 0 Å². The fraction of sp³-hybridized carbons (Fsp3) is 0.0769. The fourth-order valence-corrected chi connectivity index (χ4v) is 2.43. The Labute approximate surface area is 128 Å². The number of benzene rings is 2. The Bertz CT molecular complexity index is 664. The van der Waals surface area contributed by atoms with E-state index < -0.39 is 4.92 Å². The van der Waals surface area contributed by atoms with Crippen LogP contribution in [0.25, 0.3) is 0 Å². The Morgan fingerprint density at radius 1 is 1.35 bits per heavy atom. The normalized spacial score (nSPS) is 10.2. The Morgan fingerprint density at radius 2 is 2.10 bits per heavy atom. The highest BCUT2D eigenvalue weighted by Gasteiger charge is 2.18. The van der Waals surface area contributed by atoms with Crippen molar-refractivity contribution in [1.29, 1.82) is 0 Å². The van der Waals surface area contributed by atoms with Crippen molar-refractivity contribution < 1.29 is 9.66 Å². The van der Waals surface area contributed by atoms with Gasteiger partial charge in [-0.05, 0) is 24.3 Å². The van der Waals surface area contributed by atoms with Crippen molar-refractivity contribution in [3.05, 3.63) is 56.0 Å². The molecule has 0 aliphatic carbocycles. The van der Waals surface area contributed by atoms with E-state index in [4.69, 9.17) is 16.3 Å². The largest absolute Gasteiger partial charge is 0.497 e. The van der Waals surface area contributed by atoms with Gasteiger partial charge >= 0.3 is 5.69 Å². The number of hydrogen-bond acceptors (Lipinski definition) is 4. The summed E-state index contributed by atoms with van der Waals surface area (Å²) in [5.41, 5.74) is 0.817. The van der Waals surface area contributed by atoms with E-state index in [-0.39, 0.29) is 10.7 Å². The van der Waals surface area contributed by atoms with Crippen LogP contribution in [0.1, 0.15) is 0 Å². The number of nitro groups is 1. The van der Waals surface area contributed by atoms with Crippen LogP contribution >= 0.6 is 27.5 Å². The van der Waals surface area contributed by atoms with E-state index in [1.165, 1.54) is 6.07 Å². The number of para-hydroxylation sites is 1. The molecule has 0 radical (unpaired) electrons. The van der Waals surface area contributed by atoms with Crippen LogP contribution in [-0.2, 0) is 0 Å². The fourth-order valence-electron chi connectivity index (χ4n) is 1.71. The van der Waals surface area contributed by atoms with E-state index in [0.717, 1.165) is 4.47 Å². The van der Waals surface area contributed by atoms with Gasteiger partial charge in [-0.25, -0.2) is 0 Å². The molecule has 0 saturated carbocycles. The second-order valence-electron chi connectivity index (χ2n) is 3.90. The molecule has 1 N–H and O–H groups in total. The molecular weight excluding hydrogens is 348 g/mol. The molecule has 0 spiro atoms. The van der Waals surface area contributed by atoms with Crippen molar-refractivity contribution in [3.63, 3.8) is 0 Å². The molecule has 0 saturated heterocycles. The molecule has 0 amide bonds. The van der Waals surface area contributed by atoms with Crippen LogP contribution in [0.4, 0.5) is 17.1 Å². The van der Waals surface area contributed by atoms with Gasteiger partial charge in [-0.1, -0.05) is 33.6 Å². The van der Waals surface area contributed by atoms with Crippen LogP contribution in [0.5, 0.6) is 5.75 Å². The topological polar surface area (TPSA) is 64.4 Å². The number of hydrogen-bond donors (Lipinski definition) is 1. The van der Waals surface area contributed by atoms with Crippen molar-refractivity contribution in [2.75, 3.05) is 12.4 Å². The van der Waals surface area contributed by atoms with Crippen LogP contribution in [0.2, 0.25) is 5.02 Å². The summed E-state index contributed by atoms with van der Waals surface area (Å²) < 4.78 is 5.94. The van der Waals surface area contributed by atoms with Gasteiger partial charge in [0.2, 0.25) is 0 Å². The first-order valence-corrected chi connectivity index (χ1v) is 6.73. The molecule has 2 aromatic rings. The quantitative estimate of drug-likeness (QED) is 0.633. The number of rotatable bonds is 4. The standard InChI is InChI=1S/C13H10BrClN2O3/c1-20-10-6-8(14)5-9(7-10)16-12-4-2-3-11(15)13(12)17(18)19/h2-7,16H,1H3. The lowest BCUT2D eigenvalue weighted by molar-refractivity contribution is -0.383. The molecule has 104 valence electrons. The number of nitro benzene ring substituents is 1. The van der Waals surface area contributed by atoms with Gasteiger partial charge < -0.3 is 10.1 Å². The predicted octanol–water partition coefficient (Wildman–Crippen LogP) is 4.76. The highest BCUT2D eigenvalue weighted by Crippen LogP contribution is 2.35. The minimum absolute atomic E-state index is 0.0851. The van der Waals surface area contributed by atoms with Crippen LogP contribution in [-0.4, -0.2) is 12.0 Å². The lowest BCUT2D eigenvalue weighted by atomic mass is 10.2. The summed E-state index contributed by atoms with van der Waals surface area (Å²) in [6.07, 6.45) is 0. The molecule has 2 aromatic carbocycles. The molecule has 2 rings (SSSR count). The average molecular weight is 358 g/mol. The monoisotopic (exact) mass is 356 g/mol. The second kappa shape index (κ2) is 6.11. The lowest BCUT2D eigenvalue weighted by Crippen LogP contribution is -1.98. The number of ether oxygens (including phenoxy) is 1. The SMILES string of the molecule is COc1cc(Br)cc(Nc2cccc(Cl)c2[N+](=O)[O-])c1. The minimum atomic E-state index is -0.514. The maximum absolute atomic E-state index is 11.1. The van der Waals surface area contributed by atoms with Crippen LogP contribution in [0, 0.1) is 10.1 Å². The van der Waals surface area contributed by atoms with Gasteiger partial charge in [0.15, 0.2) is 0 Å². The Hall–Kier alpha value is -1.79. The van der Waals surface area contributed by atoms with Crippen molar-refractivity contribution in [2.24, 2.45) is 0 Å². The molecule has 0 aliphatic heterocycles. The highest BCUT2D eigenvalue weighted by atomic mass is 79.9. The number of halogens is 2. The van der Waals surface area contributed by atoms with E-state index in [1.807, 2.05) is 0 Å². The molecule has 0 aliphatic rings. The predicted molar refractivity (Wildman–Crippen MR) is 82.1 cm³/mol. The van der Waals surface area contributed by atoms with Gasteiger partial charge in [0, 0.05) is 16.2 Å². The average Bonchev–Trinajstić information content (AvgIpc) is 2.37. The number of nitrogens with zero attached hydrogens (tertiary/aromatic N) is 1. The summed E-state index contributed by atoms with van der Waals surface area (Å²) in [6.45, 7) is 0. The number of methoxy groups -OCH3 is 1. The summed E-state index contributed by atoms with van der Waals surface area (Å²) in [5.74, 6) is 0.631. The summed E-state index contributed by atoms with van der Waals surface area (Å²) in [7, 11) is 1.55. The molecule has 0 fully saturated rings. The van der Waals surface area contributed by atoms with Gasteiger partial charge in [-0.3, -0.25) is 10.1 Å². The molecule has 20 heavy (non-hydrogen) atoms. The first kappa shape index (κ1) is 14.6. The minimum Gasteiger partial charge on any atom is -0.497 e. The molecule has 0 heterocycles. The Balaban J connectivity index is 2.42. The molecule has 0 bridgehead atoms. The third kappa shape index (κ3) is 3.20. The molecule has 0 unspecified atom stereocenters. The summed E-state index contributed by atoms with van der Waals surface area (Å²) in [6, 6.07) is 10.0. The highest BCUT2D eigenvalue weighted by molar-refractivity contribution is 9.10. The van der Waals surface area contributed by atoms with Crippen molar-refractivity contribution in [3.8, 4) is 5.75 Å². The smallest absolute Gasteiger partial charge is 0.311 e. The summed E-state index contributed by atoms with van der Waals surface area (Å²) in [4.78, 5) is 10.6. The summed E-state index contributed by atoms with van der Waals surface area (Å²) >= 11 is 9.21. The van der Waals surface area contributed by atoms with E-state index >= 15 is 0 Å². The molecule has 7 heteroatoms. The van der Waals surface area contributed by atoms with E-state index in [0.29, 0.717) is 17.1 Å². The maximum atomic E-state index is 11.1. The van der Waals surface area contributed by atoms with Gasteiger partial charge in [0.05, 0.1) is 12.0 Å². The second-order valence-corrected chi connectivity index (χ2v) is 5.22. The van der Waals surface area contributed by atoms with Crippen molar-refractivity contribution >= 4 is 44.6 Å². The lowest BCUT2D eigenvalue weighted by Gasteiger charge is -2.10. The molecule has 5 nitrogen and oxygen atoms in total. The van der Waals surface area contributed by atoms with Crippen LogP contribution in [0.3, 0.4) is 0 Å².